The summed E-state index contributed by atoms with van der Waals surface area (Å²) >= 11 is 0. The number of anilines is 1. The molecule has 25 heavy (non-hydrogen) atoms. The lowest BCUT2D eigenvalue weighted by Crippen LogP contribution is -2.20. The van der Waals surface area contributed by atoms with Crippen molar-refractivity contribution in [2.24, 2.45) is 0 Å². The summed E-state index contributed by atoms with van der Waals surface area (Å²) in [6.45, 7) is 5.90. The SMILES string of the molecule is CC(C)(C)c1cccc(OCC(=O)Nc2cccc(C(F)(F)F)c2)c1. The molecule has 0 heterocycles. The predicted octanol–water partition coefficient (Wildman–Crippen LogP) is 5.02. The highest BCUT2D eigenvalue weighted by Crippen LogP contribution is 2.30. The van der Waals surface area contributed by atoms with E-state index in [4.69, 9.17) is 4.74 Å². The lowest BCUT2D eigenvalue weighted by Gasteiger charge is -2.19. The molecule has 134 valence electrons. The second kappa shape index (κ2) is 7.17. The molecule has 3 nitrogen and oxygen atoms in total. The highest BCUT2D eigenvalue weighted by atomic mass is 19.4. The first-order chi connectivity index (χ1) is 11.6. The number of halogens is 3. The van der Waals surface area contributed by atoms with Crippen molar-refractivity contribution in [3.8, 4) is 5.75 Å². The smallest absolute Gasteiger partial charge is 0.416 e. The van der Waals surface area contributed by atoms with E-state index in [1.165, 1.54) is 12.1 Å². The van der Waals surface area contributed by atoms with Gasteiger partial charge in [-0.2, -0.15) is 13.2 Å². The van der Waals surface area contributed by atoms with Gasteiger partial charge < -0.3 is 10.1 Å². The number of alkyl halides is 3. The van der Waals surface area contributed by atoms with Crippen LogP contribution < -0.4 is 10.1 Å². The maximum absolute atomic E-state index is 12.7. The second-order valence-corrected chi connectivity index (χ2v) is 6.69. The summed E-state index contributed by atoms with van der Waals surface area (Å²) in [6.07, 6.45) is -4.45. The van der Waals surface area contributed by atoms with Crippen molar-refractivity contribution in [3.05, 3.63) is 59.7 Å². The predicted molar refractivity (Wildman–Crippen MR) is 90.7 cm³/mol. The molecule has 0 fully saturated rings. The van der Waals surface area contributed by atoms with Crippen LogP contribution in [0, 0.1) is 0 Å². The summed E-state index contributed by atoms with van der Waals surface area (Å²) in [7, 11) is 0. The Morgan fingerprint density at radius 3 is 2.28 bits per heavy atom. The van der Waals surface area contributed by atoms with Crippen LogP contribution in [-0.4, -0.2) is 12.5 Å². The number of benzene rings is 2. The topological polar surface area (TPSA) is 38.3 Å². The van der Waals surface area contributed by atoms with Gasteiger partial charge in [0.25, 0.3) is 5.91 Å². The van der Waals surface area contributed by atoms with Crippen LogP contribution in [0.25, 0.3) is 0 Å². The number of nitrogens with one attached hydrogen (secondary N) is 1. The fourth-order valence-corrected chi connectivity index (χ4v) is 2.17. The van der Waals surface area contributed by atoms with Crippen LogP contribution in [0.5, 0.6) is 5.75 Å². The summed E-state index contributed by atoms with van der Waals surface area (Å²) in [5.74, 6) is 0.00658. The van der Waals surface area contributed by atoms with Crippen LogP contribution in [0.3, 0.4) is 0 Å². The molecule has 0 unspecified atom stereocenters. The van der Waals surface area contributed by atoms with E-state index in [9.17, 15) is 18.0 Å². The van der Waals surface area contributed by atoms with E-state index in [0.29, 0.717) is 5.75 Å². The van der Waals surface area contributed by atoms with Crippen molar-refractivity contribution in [1.82, 2.24) is 0 Å². The average molecular weight is 351 g/mol. The third kappa shape index (κ3) is 5.52. The fourth-order valence-electron chi connectivity index (χ4n) is 2.17. The number of ether oxygens (including phenoxy) is 1. The van der Waals surface area contributed by atoms with Crippen LogP contribution in [0.2, 0.25) is 0 Å². The molecule has 0 saturated carbocycles. The maximum atomic E-state index is 12.7. The zero-order valence-electron chi connectivity index (χ0n) is 14.3. The third-order valence-electron chi connectivity index (χ3n) is 3.54. The first-order valence-corrected chi connectivity index (χ1v) is 7.76. The largest absolute Gasteiger partial charge is 0.484 e. The van der Waals surface area contributed by atoms with Crippen LogP contribution in [0.15, 0.2) is 48.5 Å². The molecule has 0 aromatic heterocycles. The van der Waals surface area contributed by atoms with E-state index < -0.39 is 17.6 Å². The Labute approximate surface area is 144 Å². The van der Waals surface area contributed by atoms with E-state index in [0.717, 1.165) is 17.7 Å². The number of hydrogen-bond donors (Lipinski definition) is 1. The summed E-state index contributed by atoms with van der Waals surface area (Å²) in [5.41, 5.74) is 0.263. The lowest BCUT2D eigenvalue weighted by atomic mass is 9.87. The second-order valence-electron chi connectivity index (χ2n) is 6.69. The number of amides is 1. The molecule has 2 aromatic rings. The van der Waals surface area contributed by atoms with Gasteiger partial charge in [0.15, 0.2) is 6.61 Å². The Morgan fingerprint density at radius 2 is 1.64 bits per heavy atom. The van der Waals surface area contributed by atoms with Crippen LogP contribution in [0.1, 0.15) is 31.9 Å². The summed E-state index contributed by atoms with van der Waals surface area (Å²) in [4.78, 5) is 11.9. The molecule has 6 heteroatoms. The molecule has 0 saturated heterocycles. The lowest BCUT2D eigenvalue weighted by molar-refractivity contribution is -0.137. The van der Waals surface area contributed by atoms with E-state index in [1.807, 2.05) is 18.2 Å². The van der Waals surface area contributed by atoms with Crippen molar-refractivity contribution >= 4 is 11.6 Å². The van der Waals surface area contributed by atoms with Crippen molar-refractivity contribution in [2.45, 2.75) is 32.4 Å². The Balaban J connectivity index is 1.98. The van der Waals surface area contributed by atoms with Gasteiger partial charge in [0, 0.05) is 5.69 Å². The molecule has 0 aliphatic rings. The monoisotopic (exact) mass is 351 g/mol. The summed E-state index contributed by atoms with van der Waals surface area (Å²) < 4.78 is 43.5. The van der Waals surface area contributed by atoms with Gasteiger partial charge in [-0.3, -0.25) is 4.79 Å². The molecule has 0 aliphatic heterocycles. The van der Waals surface area contributed by atoms with E-state index in [-0.39, 0.29) is 17.7 Å². The summed E-state index contributed by atoms with van der Waals surface area (Å²) in [5, 5.41) is 2.41. The van der Waals surface area contributed by atoms with Gasteiger partial charge in [-0.15, -0.1) is 0 Å². The zero-order valence-corrected chi connectivity index (χ0v) is 14.3. The van der Waals surface area contributed by atoms with Gasteiger partial charge in [0.05, 0.1) is 5.56 Å². The van der Waals surface area contributed by atoms with Crippen molar-refractivity contribution in [2.75, 3.05) is 11.9 Å². The van der Waals surface area contributed by atoms with E-state index in [1.54, 1.807) is 6.07 Å². The van der Waals surface area contributed by atoms with E-state index >= 15 is 0 Å². The molecule has 2 aromatic carbocycles. The van der Waals surface area contributed by atoms with Crippen molar-refractivity contribution < 1.29 is 22.7 Å². The van der Waals surface area contributed by atoms with Gasteiger partial charge in [-0.25, -0.2) is 0 Å². The summed E-state index contributed by atoms with van der Waals surface area (Å²) in [6, 6.07) is 11.8. The minimum absolute atomic E-state index is 0.0559. The van der Waals surface area contributed by atoms with E-state index in [2.05, 4.69) is 26.1 Å². The number of hydrogen-bond acceptors (Lipinski definition) is 2. The van der Waals surface area contributed by atoms with Gasteiger partial charge in [0.2, 0.25) is 0 Å². The van der Waals surface area contributed by atoms with Crippen molar-refractivity contribution in [3.63, 3.8) is 0 Å². The number of carbonyl (C=O) groups excluding carboxylic acids is 1. The third-order valence-corrected chi connectivity index (χ3v) is 3.54. The molecule has 0 atom stereocenters. The minimum atomic E-state index is -4.45. The quantitative estimate of drug-likeness (QED) is 0.840. The number of carbonyl (C=O) groups is 1. The molecule has 1 N–H and O–H groups in total. The molecule has 2 rings (SSSR count). The van der Waals surface area contributed by atoms with Crippen LogP contribution >= 0.6 is 0 Å². The molecular weight excluding hydrogens is 331 g/mol. The minimum Gasteiger partial charge on any atom is -0.484 e. The molecule has 0 spiro atoms. The van der Waals surface area contributed by atoms with Gasteiger partial charge >= 0.3 is 6.18 Å². The standard InChI is InChI=1S/C19H20F3NO2/c1-18(2,3)13-6-5-9-16(11-13)25-12-17(24)23-15-8-4-7-14(10-15)19(20,21)22/h4-11H,12H2,1-3H3,(H,23,24). The normalized spacial score (nSPS) is 11.9. The Morgan fingerprint density at radius 1 is 1.00 bits per heavy atom. The van der Waals surface area contributed by atoms with Crippen LogP contribution in [-0.2, 0) is 16.4 Å². The van der Waals surface area contributed by atoms with Gasteiger partial charge in [-0.05, 0) is 41.3 Å². The first kappa shape index (κ1) is 18.8. The highest BCUT2D eigenvalue weighted by molar-refractivity contribution is 5.91. The Hall–Kier alpha value is -2.50. The van der Waals surface area contributed by atoms with Crippen molar-refractivity contribution in [1.29, 1.82) is 0 Å². The molecule has 0 bridgehead atoms. The Bertz CT molecular complexity index is 749. The van der Waals surface area contributed by atoms with Gasteiger partial charge in [0.1, 0.15) is 5.75 Å². The zero-order chi connectivity index (χ0) is 18.7. The fraction of sp³-hybridized carbons (Fsp3) is 0.316. The molecular formula is C19H20F3NO2. The van der Waals surface area contributed by atoms with Gasteiger partial charge in [-0.1, -0.05) is 39.0 Å². The molecule has 1 amide bonds. The number of rotatable bonds is 4. The highest BCUT2D eigenvalue weighted by Gasteiger charge is 2.30. The Kier molecular flexibility index (Phi) is 5.40. The first-order valence-electron chi connectivity index (χ1n) is 7.76. The average Bonchev–Trinajstić information content (AvgIpc) is 2.52. The molecule has 0 aliphatic carbocycles. The van der Waals surface area contributed by atoms with Crippen LogP contribution in [0.4, 0.5) is 18.9 Å². The molecule has 0 radical (unpaired) electrons. The maximum Gasteiger partial charge on any atom is 0.416 e.